The number of aromatic nitrogens is 3. The number of aromatic amines is 1. The molecule has 0 fully saturated rings. The molecule has 2 heterocycles. The van der Waals surface area contributed by atoms with E-state index >= 15 is 0 Å². The van der Waals surface area contributed by atoms with Gasteiger partial charge in [0.15, 0.2) is 0 Å². The van der Waals surface area contributed by atoms with Gasteiger partial charge in [0.25, 0.3) is 10.0 Å². The van der Waals surface area contributed by atoms with Crippen LogP contribution in [-0.2, 0) is 10.0 Å². The highest BCUT2D eigenvalue weighted by molar-refractivity contribution is 7.92. The summed E-state index contributed by atoms with van der Waals surface area (Å²) >= 11 is 1.50. The standard InChI is InChI=1S/C11H11N5O2S2/c1-6-14-8-3-2-7(4-9(8)19-6)16-20(17,18)10-5-13-15-11(10)12/h2-5,16H,1H3,(H3,12,13,15). The van der Waals surface area contributed by atoms with Gasteiger partial charge in [-0.05, 0) is 25.1 Å². The number of nitrogens with two attached hydrogens (primary N) is 1. The number of rotatable bonds is 3. The zero-order valence-electron chi connectivity index (χ0n) is 10.4. The van der Waals surface area contributed by atoms with Crippen molar-refractivity contribution in [3.05, 3.63) is 29.4 Å². The number of hydrogen-bond donors (Lipinski definition) is 3. The van der Waals surface area contributed by atoms with Crippen molar-refractivity contribution in [1.29, 1.82) is 0 Å². The maximum atomic E-state index is 12.2. The largest absolute Gasteiger partial charge is 0.383 e. The number of sulfonamides is 1. The van der Waals surface area contributed by atoms with Gasteiger partial charge in [0.2, 0.25) is 0 Å². The topological polar surface area (TPSA) is 114 Å². The highest BCUT2D eigenvalue weighted by atomic mass is 32.2. The van der Waals surface area contributed by atoms with Crippen LogP contribution in [0.5, 0.6) is 0 Å². The van der Waals surface area contributed by atoms with Crippen molar-refractivity contribution in [2.45, 2.75) is 11.8 Å². The Morgan fingerprint density at radius 3 is 2.90 bits per heavy atom. The maximum absolute atomic E-state index is 12.2. The molecule has 0 aliphatic rings. The molecular formula is C11H11N5O2S2. The number of hydrogen-bond acceptors (Lipinski definition) is 6. The molecule has 3 aromatic rings. The predicted molar refractivity (Wildman–Crippen MR) is 78.2 cm³/mol. The van der Waals surface area contributed by atoms with E-state index in [0.29, 0.717) is 5.69 Å². The number of aryl methyl sites for hydroxylation is 1. The van der Waals surface area contributed by atoms with E-state index in [0.717, 1.165) is 15.2 Å². The first-order valence-electron chi connectivity index (χ1n) is 5.64. The molecule has 0 unspecified atom stereocenters. The fourth-order valence-corrected chi connectivity index (χ4v) is 3.75. The Hall–Kier alpha value is -2.13. The Kier molecular flexibility index (Phi) is 2.87. The van der Waals surface area contributed by atoms with Crippen molar-refractivity contribution in [3.8, 4) is 0 Å². The normalized spacial score (nSPS) is 11.8. The molecule has 0 amide bonds. The summed E-state index contributed by atoms with van der Waals surface area (Å²) in [5.41, 5.74) is 6.83. The first-order chi connectivity index (χ1) is 9.45. The number of benzene rings is 1. The maximum Gasteiger partial charge on any atom is 0.267 e. The minimum absolute atomic E-state index is 0.00668. The van der Waals surface area contributed by atoms with Crippen molar-refractivity contribution in [3.63, 3.8) is 0 Å². The molecule has 0 saturated heterocycles. The van der Waals surface area contributed by atoms with E-state index in [1.54, 1.807) is 18.2 Å². The van der Waals surface area contributed by atoms with E-state index in [1.165, 1.54) is 17.5 Å². The van der Waals surface area contributed by atoms with E-state index < -0.39 is 10.0 Å². The third-order valence-corrected chi connectivity index (χ3v) is 5.01. The van der Waals surface area contributed by atoms with Gasteiger partial charge >= 0.3 is 0 Å². The molecule has 0 aliphatic carbocycles. The molecule has 104 valence electrons. The SMILES string of the molecule is Cc1nc2ccc(NS(=O)(=O)c3cn[nH]c3N)cc2s1. The minimum Gasteiger partial charge on any atom is -0.383 e. The summed E-state index contributed by atoms with van der Waals surface area (Å²) in [5.74, 6) is 0.00668. The summed E-state index contributed by atoms with van der Waals surface area (Å²) in [6, 6.07) is 5.18. The van der Waals surface area contributed by atoms with Crippen LogP contribution in [0, 0.1) is 6.92 Å². The zero-order valence-corrected chi connectivity index (χ0v) is 12.0. The molecule has 3 rings (SSSR count). The molecule has 0 atom stereocenters. The van der Waals surface area contributed by atoms with Crippen LogP contribution in [0.15, 0.2) is 29.3 Å². The van der Waals surface area contributed by atoms with Gasteiger partial charge in [0, 0.05) is 0 Å². The first-order valence-corrected chi connectivity index (χ1v) is 7.94. The van der Waals surface area contributed by atoms with Gasteiger partial charge in [0.1, 0.15) is 10.7 Å². The quantitative estimate of drug-likeness (QED) is 0.681. The number of nitrogen functional groups attached to an aromatic ring is 1. The van der Waals surface area contributed by atoms with Crippen LogP contribution in [0.4, 0.5) is 11.5 Å². The fraction of sp³-hybridized carbons (Fsp3) is 0.0909. The van der Waals surface area contributed by atoms with Gasteiger partial charge in [0.05, 0.1) is 27.1 Å². The Labute approximate surface area is 118 Å². The van der Waals surface area contributed by atoms with Crippen LogP contribution < -0.4 is 10.5 Å². The number of nitrogens with one attached hydrogen (secondary N) is 2. The third-order valence-electron chi connectivity index (χ3n) is 2.67. The molecule has 0 saturated carbocycles. The minimum atomic E-state index is -3.75. The molecule has 0 radical (unpaired) electrons. The van der Waals surface area contributed by atoms with Gasteiger partial charge in [-0.1, -0.05) is 0 Å². The number of fused-ring (bicyclic) bond motifs is 1. The van der Waals surface area contributed by atoms with Crippen LogP contribution in [-0.4, -0.2) is 23.6 Å². The smallest absolute Gasteiger partial charge is 0.267 e. The van der Waals surface area contributed by atoms with Crippen LogP contribution in [0.2, 0.25) is 0 Å². The molecule has 0 spiro atoms. The number of nitrogens with zero attached hydrogens (tertiary/aromatic N) is 2. The van der Waals surface area contributed by atoms with E-state index in [4.69, 9.17) is 5.73 Å². The summed E-state index contributed by atoms with van der Waals surface area (Å²) in [6.07, 6.45) is 1.17. The van der Waals surface area contributed by atoms with Gasteiger partial charge < -0.3 is 5.73 Å². The van der Waals surface area contributed by atoms with Crippen molar-refractivity contribution in [1.82, 2.24) is 15.2 Å². The highest BCUT2D eigenvalue weighted by Gasteiger charge is 2.19. The van der Waals surface area contributed by atoms with Crippen LogP contribution in [0.25, 0.3) is 10.2 Å². The molecule has 0 aliphatic heterocycles. The molecule has 9 heteroatoms. The number of H-pyrrole nitrogens is 1. The Morgan fingerprint density at radius 2 is 2.20 bits per heavy atom. The van der Waals surface area contributed by atoms with E-state index in [9.17, 15) is 8.42 Å². The monoisotopic (exact) mass is 309 g/mol. The second kappa shape index (κ2) is 4.46. The van der Waals surface area contributed by atoms with E-state index in [1.807, 2.05) is 6.92 Å². The molecule has 7 nitrogen and oxygen atoms in total. The summed E-state index contributed by atoms with van der Waals surface area (Å²) in [5, 5.41) is 6.93. The Balaban J connectivity index is 1.98. The van der Waals surface area contributed by atoms with Crippen molar-refractivity contribution < 1.29 is 8.42 Å². The molecule has 1 aromatic carbocycles. The molecule has 4 N–H and O–H groups in total. The van der Waals surface area contributed by atoms with Crippen LogP contribution in [0.1, 0.15) is 5.01 Å². The highest BCUT2D eigenvalue weighted by Crippen LogP contribution is 2.26. The van der Waals surface area contributed by atoms with Crippen LogP contribution in [0.3, 0.4) is 0 Å². The lowest BCUT2D eigenvalue weighted by Gasteiger charge is -2.06. The number of thiazole rings is 1. The molecule has 20 heavy (non-hydrogen) atoms. The summed E-state index contributed by atoms with van der Waals surface area (Å²) in [4.78, 5) is 4.25. The Morgan fingerprint density at radius 1 is 1.40 bits per heavy atom. The van der Waals surface area contributed by atoms with Gasteiger partial charge in [-0.2, -0.15) is 5.10 Å². The van der Waals surface area contributed by atoms with Gasteiger partial charge in [-0.25, -0.2) is 13.4 Å². The zero-order chi connectivity index (χ0) is 14.3. The molecule has 0 bridgehead atoms. The predicted octanol–water partition coefficient (Wildman–Crippen LogP) is 1.71. The summed E-state index contributed by atoms with van der Waals surface area (Å²) in [6.45, 7) is 1.90. The van der Waals surface area contributed by atoms with Gasteiger partial charge in [-0.15, -0.1) is 11.3 Å². The van der Waals surface area contributed by atoms with Crippen LogP contribution >= 0.6 is 11.3 Å². The molecule has 2 aromatic heterocycles. The summed E-state index contributed by atoms with van der Waals surface area (Å²) in [7, 11) is -3.75. The third kappa shape index (κ3) is 2.21. The fourth-order valence-electron chi connectivity index (χ4n) is 1.81. The average molecular weight is 309 g/mol. The average Bonchev–Trinajstić information content (AvgIpc) is 2.93. The number of anilines is 2. The van der Waals surface area contributed by atoms with Crippen molar-refractivity contribution >= 4 is 43.1 Å². The lowest BCUT2D eigenvalue weighted by molar-refractivity contribution is 0.601. The lowest BCUT2D eigenvalue weighted by Crippen LogP contribution is -2.13. The van der Waals surface area contributed by atoms with Gasteiger partial charge in [-0.3, -0.25) is 9.82 Å². The van der Waals surface area contributed by atoms with Crippen molar-refractivity contribution in [2.24, 2.45) is 0 Å². The first kappa shape index (κ1) is 12.9. The Bertz CT molecular complexity index is 881. The summed E-state index contributed by atoms with van der Waals surface area (Å²) < 4.78 is 27.7. The second-order valence-corrected chi connectivity index (χ2v) is 7.05. The van der Waals surface area contributed by atoms with E-state index in [2.05, 4.69) is 19.9 Å². The molecular weight excluding hydrogens is 298 g/mol. The second-order valence-electron chi connectivity index (χ2n) is 4.17. The van der Waals surface area contributed by atoms with E-state index in [-0.39, 0.29) is 10.7 Å². The lowest BCUT2D eigenvalue weighted by atomic mass is 10.3. The van der Waals surface area contributed by atoms with Crippen molar-refractivity contribution in [2.75, 3.05) is 10.5 Å².